The Bertz CT molecular complexity index is 715. The number of ether oxygens (including phenoxy) is 1. The molecule has 1 saturated heterocycles. The number of aromatic nitrogens is 3. The zero-order valence-corrected chi connectivity index (χ0v) is 14.2. The molecule has 0 bridgehead atoms. The highest BCUT2D eigenvalue weighted by atomic mass is 19.1. The lowest BCUT2D eigenvalue weighted by Gasteiger charge is -2.22. The summed E-state index contributed by atoms with van der Waals surface area (Å²) in [5.74, 6) is -0.459. The Balaban J connectivity index is 1.52. The predicted octanol–water partition coefficient (Wildman–Crippen LogP) is 1.49. The Morgan fingerprint density at radius 3 is 2.92 bits per heavy atom. The molecule has 0 atom stereocenters. The number of nitrogens with one attached hydrogen (secondary N) is 1. The van der Waals surface area contributed by atoms with Crippen molar-refractivity contribution in [2.75, 3.05) is 33.3 Å². The Hall–Kier alpha value is -2.48. The standard InChI is InChI=1S/C17H22FN5O2/c1-22(10-11-25-16-5-3-2-4-14(16)18)17(24)15-12-23(21-20-15)13-6-8-19-9-7-13/h2-5,12-13,19H,6-11H2,1H3. The molecule has 3 rings (SSSR count). The van der Waals surface area contributed by atoms with Crippen LogP contribution in [-0.4, -0.2) is 59.1 Å². The second-order valence-electron chi connectivity index (χ2n) is 6.07. The van der Waals surface area contributed by atoms with Gasteiger partial charge in [-0.05, 0) is 38.1 Å². The molecule has 1 aromatic carbocycles. The van der Waals surface area contributed by atoms with Gasteiger partial charge in [0.2, 0.25) is 0 Å². The van der Waals surface area contributed by atoms with Gasteiger partial charge in [0.15, 0.2) is 17.3 Å². The third-order valence-corrected chi connectivity index (χ3v) is 4.28. The van der Waals surface area contributed by atoms with E-state index in [-0.39, 0.29) is 24.3 Å². The summed E-state index contributed by atoms with van der Waals surface area (Å²) in [6.07, 6.45) is 3.65. The second-order valence-corrected chi connectivity index (χ2v) is 6.07. The van der Waals surface area contributed by atoms with E-state index in [0.29, 0.717) is 12.2 Å². The monoisotopic (exact) mass is 347 g/mol. The van der Waals surface area contributed by atoms with Crippen LogP contribution in [0.1, 0.15) is 29.4 Å². The quantitative estimate of drug-likeness (QED) is 0.857. The molecule has 1 fully saturated rings. The molecule has 0 aliphatic carbocycles. The van der Waals surface area contributed by atoms with Crippen LogP contribution in [0.4, 0.5) is 4.39 Å². The van der Waals surface area contributed by atoms with Crippen LogP contribution in [0.3, 0.4) is 0 Å². The summed E-state index contributed by atoms with van der Waals surface area (Å²) in [5, 5.41) is 11.4. The van der Waals surface area contributed by atoms with Gasteiger partial charge in [-0.2, -0.15) is 0 Å². The van der Waals surface area contributed by atoms with Gasteiger partial charge in [0.05, 0.1) is 18.8 Å². The van der Waals surface area contributed by atoms with Crippen LogP contribution in [0.2, 0.25) is 0 Å². The largest absolute Gasteiger partial charge is 0.489 e. The van der Waals surface area contributed by atoms with Gasteiger partial charge in [0.1, 0.15) is 6.61 Å². The van der Waals surface area contributed by atoms with E-state index in [2.05, 4.69) is 15.6 Å². The van der Waals surface area contributed by atoms with Gasteiger partial charge in [0.25, 0.3) is 5.91 Å². The van der Waals surface area contributed by atoms with Gasteiger partial charge in [-0.15, -0.1) is 5.10 Å². The number of piperidine rings is 1. The summed E-state index contributed by atoms with van der Waals surface area (Å²) in [7, 11) is 1.66. The molecule has 0 unspecified atom stereocenters. The molecule has 1 aliphatic rings. The maximum atomic E-state index is 13.5. The first-order valence-corrected chi connectivity index (χ1v) is 8.40. The third kappa shape index (κ3) is 4.33. The van der Waals surface area contributed by atoms with E-state index in [1.807, 2.05) is 0 Å². The number of carbonyl (C=O) groups is 1. The summed E-state index contributed by atoms with van der Waals surface area (Å²) >= 11 is 0. The number of nitrogens with zero attached hydrogens (tertiary/aromatic N) is 4. The van der Waals surface area contributed by atoms with Gasteiger partial charge in [-0.1, -0.05) is 17.3 Å². The number of halogens is 1. The molecule has 25 heavy (non-hydrogen) atoms. The van der Waals surface area contributed by atoms with Crippen LogP contribution >= 0.6 is 0 Å². The summed E-state index contributed by atoms with van der Waals surface area (Å²) < 4.78 is 20.6. The van der Waals surface area contributed by atoms with Gasteiger partial charge in [-0.3, -0.25) is 4.79 Å². The molecule has 0 saturated carbocycles. The molecule has 7 nitrogen and oxygen atoms in total. The minimum absolute atomic E-state index is 0.181. The first kappa shape index (κ1) is 17.3. The summed E-state index contributed by atoms with van der Waals surface area (Å²) in [4.78, 5) is 13.9. The number of benzene rings is 1. The van der Waals surface area contributed by atoms with E-state index in [0.717, 1.165) is 25.9 Å². The lowest BCUT2D eigenvalue weighted by molar-refractivity contribution is 0.0767. The fourth-order valence-corrected chi connectivity index (χ4v) is 2.78. The molecule has 0 spiro atoms. The number of likely N-dealkylation sites (N-methyl/N-ethyl adjacent to an activating group) is 1. The van der Waals surface area contributed by atoms with Gasteiger partial charge >= 0.3 is 0 Å². The van der Waals surface area contributed by atoms with Crippen molar-refractivity contribution >= 4 is 5.91 Å². The number of carbonyl (C=O) groups excluding carboxylic acids is 1. The fourth-order valence-electron chi connectivity index (χ4n) is 2.78. The minimum Gasteiger partial charge on any atom is -0.489 e. The second kappa shape index (κ2) is 8.06. The van der Waals surface area contributed by atoms with Crippen molar-refractivity contribution in [1.29, 1.82) is 0 Å². The lowest BCUT2D eigenvalue weighted by atomic mass is 10.1. The molecule has 0 radical (unpaired) electrons. The van der Waals surface area contributed by atoms with Gasteiger partial charge in [-0.25, -0.2) is 9.07 Å². The van der Waals surface area contributed by atoms with E-state index in [1.54, 1.807) is 36.1 Å². The summed E-state index contributed by atoms with van der Waals surface area (Å²) in [5.41, 5.74) is 0.312. The zero-order valence-electron chi connectivity index (χ0n) is 14.2. The van der Waals surface area contributed by atoms with Crippen molar-refractivity contribution in [3.05, 3.63) is 42.0 Å². The first-order valence-electron chi connectivity index (χ1n) is 8.40. The van der Waals surface area contributed by atoms with Crippen molar-refractivity contribution in [3.63, 3.8) is 0 Å². The number of hydrogen-bond acceptors (Lipinski definition) is 5. The smallest absolute Gasteiger partial charge is 0.275 e. The Labute approximate surface area is 145 Å². The van der Waals surface area contributed by atoms with E-state index in [4.69, 9.17) is 4.74 Å². The van der Waals surface area contributed by atoms with E-state index >= 15 is 0 Å². The van der Waals surface area contributed by atoms with Crippen molar-refractivity contribution in [1.82, 2.24) is 25.2 Å². The van der Waals surface area contributed by atoms with Gasteiger partial charge < -0.3 is 15.0 Å². The Morgan fingerprint density at radius 2 is 2.16 bits per heavy atom. The highest BCUT2D eigenvalue weighted by Crippen LogP contribution is 2.17. The Morgan fingerprint density at radius 1 is 1.40 bits per heavy atom. The van der Waals surface area contributed by atoms with E-state index in [9.17, 15) is 9.18 Å². The first-order chi connectivity index (χ1) is 12.1. The average Bonchev–Trinajstić information content (AvgIpc) is 3.13. The van der Waals surface area contributed by atoms with Crippen LogP contribution in [0.25, 0.3) is 0 Å². The number of hydrogen-bond donors (Lipinski definition) is 1. The van der Waals surface area contributed by atoms with Crippen LogP contribution < -0.4 is 10.1 Å². The molecule has 1 aliphatic heterocycles. The maximum Gasteiger partial charge on any atom is 0.275 e. The molecular weight excluding hydrogens is 325 g/mol. The Kier molecular flexibility index (Phi) is 5.60. The number of amides is 1. The van der Waals surface area contributed by atoms with Crippen molar-refractivity contribution in [2.45, 2.75) is 18.9 Å². The highest BCUT2D eigenvalue weighted by molar-refractivity contribution is 5.91. The molecule has 2 heterocycles. The predicted molar refractivity (Wildman–Crippen MR) is 90.0 cm³/mol. The van der Waals surface area contributed by atoms with Crippen molar-refractivity contribution < 1.29 is 13.9 Å². The summed E-state index contributed by atoms with van der Waals surface area (Å²) in [6, 6.07) is 6.48. The minimum atomic E-state index is -0.415. The van der Waals surface area contributed by atoms with Gasteiger partial charge in [0, 0.05) is 7.05 Å². The molecule has 1 amide bonds. The van der Waals surface area contributed by atoms with Crippen molar-refractivity contribution in [2.24, 2.45) is 0 Å². The van der Waals surface area contributed by atoms with Crippen LogP contribution in [-0.2, 0) is 0 Å². The van der Waals surface area contributed by atoms with Crippen LogP contribution in [0.15, 0.2) is 30.5 Å². The maximum absolute atomic E-state index is 13.5. The normalized spacial score (nSPS) is 15.1. The average molecular weight is 347 g/mol. The zero-order chi connectivity index (χ0) is 17.6. The number of para-hydroxylation sites is 1. The molecule has 134 valence electrons. The SMILES string of the molecule is CN(CCOc1ccccc1F)C(=O)c1cn(C2CCNCC2)nn1. The molecular formula is C17H22FN5O2. The molecule has 1 N–H and O–H groups in total. The van der Waals surface area contributed by atoms with Crippen molar-refractivity contribution in [3.8, 4) is 5.75 Å². The molecule has 8 heteroatoms. The molecule has 2 aromatic rings. The lowest BCUT2D eigenvalue weighted by Crippen LogP contribution is -2.31. The fraction of sp³-hybridized carbons (Fsp3) is 0.471. The molecule has 1 aromatic heterocycles. The van der Waals surface area contributed by atoms with Crippen LogP contribution in [0.5, 0.6) is 5.75 Å². The number of rotatable bonds is 6. The van der Waals surface area contributed by atoms with E-state index in [1.165, 1.54) is 11.0 Å². The van der Waals surface area contributed by atoms with E-state index < -0.39 is 5.82 Å². The summed E-state index contributed by atoms with van der Waals surface area (Å²) in [6.45, 7) is 2.42. The topological polar surface area (TPSA) is 72.3 Å². The van der Waals surface area contributed by atoms with Crippen LogP contribution in [0, 0.1) is 5.82 Å². The highest BCUT2D eigenvalue weighted by Gasteiger charge is 2.20. The third-order valence-electron chi connectivity index (χ3n) is 4.28.